The summed E-state index contributed by atoms with van der Waals surface area (Å²) in [4.78, 5) is 0. The van der Waals surface area contributed by atoms with E-state index in [4.69, 9.17) is 15.9 Å². The van der Waals surface area contributed by atoms with Gasteiger partial charge < -0.3 is 15.9 Å². The Balaban J connectivity index is 2.56. The normalized spacial score (nSPS) is 11.7. The van der Waals surface area contributed by atoms with Crippen LogP contribution in [0.15, 0.2) is 18.2 Å². The zero-order valence-corrected chi connectivity index (χ0v) is 8.41. The molecule has 0 aliphatic rings. The van der Waals surface area contributed by atoms with Crippen molar-refractivity contribution >= 4 is 0 Å². The molecule has 0 aliphatic carbocycles. The number of aliphatic hydroxyl groups is 2. The van der Waals surface area contributed by atoms with E-state index in [0.29, 0.717) is 12.8 Å². The predicted molar refractivity (Wildman–Crippen MR) is 54.6 cm³/mol. The summed E-state index contributed by atoms with van der Waals surface area (Å²) in [7, 11) is 0. The van der Waals surface area contributed by atoms with Crippen LogP contribution in [0.25, 0.3) is 0 Å². The third-order valence-corrected chi connectivity index (χ3v) is 2.37. The zero-order valence-electron chi connectivity index (χ0n) is 8.41. The Morgan fingerprint density at radius 2 is 2.07 bits per heavy atom. The van der Waals surface area contributed by atoms with Crippen molar-refractivity contribution in [3.8, 4) is 0 Å². The SMILES string of the molecule is NC(CO)(CO)CCc1cc[c]c(F)c1. The highest BCUT2D eigenvalue weighted by atomic mass is 19.1. The van der Waals surface area contributed by atoms with Gasteiger partial charge in [0.2, 0.25) is 0 Å². The predicted octanol–water partition coefficient (Wildman–Crippen LogP) is 0.241. The van der Waals surface area contributed by atoms with Crippen LogP contribution in [0, 0.1) is 11.9 Å². The molecule has 1 rings (SSSR count). The molecule has 0 saturated heterocycles. The molecule has 0 spiro atoms. The van der Waals surface area contributed by atoms with Crippen molar-refractivity contribution < 1.29 is 14.6 Å². The van der Waals surface area contributed by atoms with Gasteiger partial charge in [0.25, 0.3) is 0 Å². The first kappa shape index (κ1) is 12.1. The van der Waals surface area contributed by atoms with Crippen LogP contribution in [0.5, 0.6) is 0 Å². The van der Waals surface area contributed by atoms with Crippen LogP contribution in [0.2, 0.25) is 0 Å². The van der Waals surface area contributed by atoms with Crippen molar-refractivity contribution in [1.82, 2.24) is 0 Å². The Kier molecular flexibility index (Phi) is 4.20. The summed E-state index contributed by atoms with van der Waals surface area (Å²) in [6.07, 6.45) is 0.923. The lowest BCUT2D eigenvalue weighted by atomic mass is 9.94. The molecule has 0 bridgehead atoms. The molecule has 15 heavy (non-hydrogen) atoms. The number of hydrogen-bond donors (Lipinski definition) is 3. The van der Waals surface area contributed by atoms with Crippen LogP contribution in [0.3, 0.4) is 0 Å². The standard InChI is InChI=1S/C11H15FNO2/c12-10-3-1-2-9(6-10)4-5-11(13,7-14)8-15/h1-2,6,14-15H,4-5,7-8,13H2. The van der Waals surface area contributed by atoms with E-state index in [-0.39, 0.29) is 13.2 Å². The highest BCUT2D eigenvalue weighted by molar-refractivity contribution is 5.16. The maximum absolute atomic E-state index is 12.8. The van der Waals surface area contributed by atoms with Gasteiger partial charge in [-0.3, -0.25) is 0 Å². The van der Waals surface area contributed by atoms with Crippen LogP contribution in [-0.2, 0) is 6.42 Å². The molecule has 1 radical (unpaired) electrons. The molecule has 4 N–H and O–H groups in total. The second-order valence-electron chi connectivity index (χ2n) is 3.72. The second-order valence-corrected chi connectivity index (χ2v) is 3.72. The van der Waals surface area contributed by atoms with Gasteiger partial charge in [0.1, 0.15) is 5.82 Å². The van der Waals surface area contributed by atoms with Crippen LogP contribution in [0.4, 0.5) is 4.39 Å². The van der Waals surface area contributed by atoms with Gasteiger partial charge in [0.15, 0.2) is 0 Å². The van der Waals surface area contributed by atoms with Crippen molar-refractivity contribution in [1.29, 1.82) is 0 Å². The second kappa shape index (κ2) is 5.21. The minimum Gasteiger partial charge on any atom is -0.394 e. The van der Waals surface area contributed by atoms with Gasteiger partial charge in [-0.1, -0.05) is 12.1 Å². The van der Waals surface area contributed by atoms with Crippen molar-refractivity contribution in [3.05, 3.63) is 35.6 Å². The van der Waals surface area contributed by atoms with Crippen molar-refractivity contribution in [3.63, 3.8) is 0 Å². The Hall–Kier alpha value is -0.970. The molecule has 0 amide bonds. The molecule has 0 unspecified atom stereocenters. The number of rotatable bonds is 5. The van der Waals surface area contributed by atoms with Gasteiger partial charge in [-0.15, -0.1) is 0 Å². The van der Waals surface area contributed by atoms with Crippen LogP contribution < -0.4 is 5.73 Å². The van der Waals surface area contributed by atoms with E-state index in [1.54, 1.807) is 6.07 Å². The Morgan fingerprint density at radius 1 is 1.40 bits per heavy atom. The van der Waals surface area contributed by atoms with Crippen LogP contribution in [-0.4, -0.2) is 29.0 Å². The zero-order chi connectivity index (χ0) is 11.3. The fourth-order valence-electron chi connectivity index (χ4n) is 1.24. The lowest BCUT2D eigenvalue weighted by molar-refractivity contribution is 0.115. The number of nitrogens with two attached hydrogens (primary N) is 1. The molecule has 0 aromatic heterocycles. The first-order valence-corrected chi connectivity index (χ1v) is 4.76. The van der Waals surface area contributed by atoms with E-state index in [0.717, 1.165) is 5.56 Å². The molecule has 0 fully saturated rings. The van der Waals surface area contributed by atoms with E-state index < -0.39 is 11.4 Å². The molecule has 3 nitrogen and oxygen atoms in total. The Labute approximate surface area is 88.4 Å². The number of aliphatic hydroxyl groups excluding tert-OH is 2. The van der Waals surface area contributed by atoms with Crippen molar-refractivity contribution in [2.75, 3.05) is 13.2 Å². The van der Waals surface area contributed by atoms with Gasteiger partial charge >= 0.3 is 0 Å². The summed E-state index contributed by atoms with van der Waals surface area (Å²) in [6, 6.07) is 7.01. The Morgan fingerprint density at radius 3 is 2.60 bits per heavy atom. The van der Waals surface area contributed by atoms with E-state index in [9.17, 15) is 4.39 Å². The third-order valence-electron chi connectivity index (χ3n) is 2.37. The summed E-state index contributed by atoms with van der Waals surface area (Å²) in [5, 5.41) is 17.9. The first-order chi connectivity index (χ1) is 7.09. The molecule has 0 aliphatic heterocycles. The van der Waals surface area contributed by atoms with Gasteiger partial charge in [-0.05, 0) is 24.5 Å². The van der Waals surface area contributed by atoms with Gasteiger partial charge in [-0.25, -0.2) is 4.39 Å². The molecule has 83 valence electrons. The molecule has 0 saturated carbocycles. The summed E-state index contributed by atoms with van der Waals surface area (Å²) in [6.45, 7) is -0.574. The molecule has 4 heteroatoms. The lowest BCUT2D eigenvalue weighted by Gasteiger charge is -2.24. The topological polar surface area (TPSA) is 66.5 Å². The third kappa shape index (κ3) is 3.58. The monoisotopic (exact) mass is 212 g/mol. The highest BCUT2D eigenvalue weighted by Crippen LogP contribution is 2.12. The van der Waals surface area contributed by atoms with Gasteiger partial charge in [0.05, 0.1) is 18.8 Å². The largest absolute Gasteiger partial charge is 0.394 e. The Bertz CT molecular complexity index is 313. The summed E-state index contributed by atoms with van der Waals surface area (Å²) in [5.41, 5.74) is 5.47. The minimum atomic E-state index is -0.990. The maximum Gasteiger partial charge on any atom is 0.131 e. The lowest BCUT2D eigenvalue weighted by Crippen LogP contribution is -2.47. The number of halogens is 1. The first-order valence-electron chi connectivity index (χ1n) is 4.76. The minimum absolute atomic E-state index is 0.287. The van der Waals surface area contributed by atoms with Gasteiger partial charge in [0, 0.05) is 6.07 Å². The van der Waals surface area contributed by atoms with E-state index in [1.165, 1.54) is 12.1 Å². The molecule has 1 aromatic carbocycles. The number of benzene rings is 1. The summed E-state index contributed by atoms with van der Waals surface area (Å²) >= 11 is 0. The van der Waals surface area contributed by atoms with Crippen LogP contribution in [0.1, 0.15) is 12.0 Å². The van der Waals surface area contributed by atoms with Crippen molar-refractivity contribution in [2.45, 2.75) is 18.4 Å². The van der Waals surface area contributed by atoms with Gasteiger partial charge in [-0.2, -0.15) is 0 Å². The maximum atomic E-state index is 12.8. The molecule has 1 aromatic rings. The average molecular weight is 212 g/mol. The van der Waals surface area contributed by atoms with Crippen LogP contribution >= 0.6 is 0 Å². The molecule has 0 heterocycles. The summed E-state index contributed by atoms with van der Waals surface area (Å²) in [5.74, 6) is -0.414. The van der Waals surface area contributed by atoms with E-state index in [2.05, 4.69) is 6.07 Å². The highest BCUT2D eigenvalue weighted by Gasteiger charge is 2.22. The van der Waals surface area contributed by atoms with E-state index >= 15 is 0 Å². The molecule has 0 atom stereocenters. The fraction of sp³-hybridized carbons (Fsp3) is 0.455. The molecular formula is C11H15FNO2. The fourth-order valence-corrected chi connectivity index (χ4v) is 1.24. The van der Waals surface area contributed by atoms with Crippen molar-refractivity contribution in [2.24, 2.45) is 5.73 Å². The smallest absolute Gasteiger partial charge is 0.131 e. The molecular weight excluding hydrogens is 197 g/mol. The number of aryl methyl sites for hydroxylation is 1. The number of hydrogen-bond acceptors (Lipinski definition) is 3. The average Bonchev–Trinajstić information content (AvgIpc) is 2.26. The van der Waals surface area contributed by atoms with E-state index in [1.807, 2.05) is 0 Å². The summed E-state index contributed by atoms with van der Waals surface area (Å²) < 4.78 is 12.8. The quantitative estimate of drug-likeness (QED) is 0.655.